The minimum absolute atomic E-state index is 0. The Bertz CT molecular complexity index is 329. The van der Waals surface area contributed by atoms with E-state index in [-0.39, 0.29) is 10.7 Å². The van der Waals surface area contributed by atoms with E-state index in [1.165, 1.54) is 12.8 Å². The first-order valence-electron chi connectivity index (χ1n) is 8.59. The standard InChI is InChI=1S/C11H24O3Si.C6H10O2.H2O/c1-5-8-11(12-2)9-6-7-10-15(11,13-3)14-4;1-2-3-7-4-6-5-8-6;/h5-10H2,1-4H3;2,6H,1,3-5H2;1H2. The normalized spacial score (nSPS) is 27.4. The van der Waals surface area contributed by atoms with Crippen LogP contribution in [0, 0.1) is 0 Å². The van der Waals surface area contributed by atoms with Crippen LogP contribution in [0.3, 0.4) is 0 Å². The van der Waals surface area contributed by atoms with Crippen molar-refractivity contribution in [3.05, 3.63) is 12.7 Å². The maximum atomic E-state index is 5.83. The molecule has 2 heterocycles. The lowest BCUT2D eigenvalue weighted by Crippen LogP contribution is -2.64. The molecule has 2 unspecified atom stereocenters. The maximum Gasteiger partial charge on any atom is 0.370 e. The molecule has 0 amide bonds. The third-order valence-corrected chi connectivity index (χ3v) is 9.10. The van der Waals surface area contributed by atoms with Gasteiger partial charge in [-0.2, -0.15) is 0 Å². The maximum absolute atomic E-state index is 5.83. The molecule has 0 aromatic heterocycles. The first-order chi connectivity index (χ1) is 11.1. The Morgan fingerprint density at radius 1 is 1.25 bits per heavy atom. The fourth-order valence-electron chi connectivity index (χ4n) is 3.37. The van der Waals surface area contributed by atoms with Crippen LogP contribution in [0.1, 0.15) is 39.0 Å². The number of epoxide rings is 1. The van der Waals surface area contributed by atoms with E-state index < -0.39 is 8.56 Å². The van der Waals surface area contributed by atoms with E-state index in [0.717, 1.165) is 38.5 Å². The van der Waals surface area contributed by atoms with Crippen LogP contribution in [-0.4, -0.2) is 66.5 Å². The highest BCUT2D eigenvalue weighted by atomic mass is 28.4. The van der Waals surface area contributed by atoms with Crippen LogP contribution in [0.4, 0.5) is 0 Å². The second-order valence-corrected chi connectivity index (χ2v) is 9.83. The van der Waals surface area contributed by atoms with E-state index >= 15 is 0 Å². The van der Waals surface area contributed by atoms with E-state index in [4.69, 9.17) is 23.1 Å². The summed E-state index contributed by atoms with van der Waals surface area (Å²) in [6, 6.07) is 1.06. The van der Waals surface area contributed by atoms with Gasteiger partial charge in [-0.25, -0.2) is 0 Å². The number of hydrogen-bond acceptors (Lipinski definition) is 5. The van der Waals surface area contributed by atoms with Crippen molar-refractivity contribution >= 4 is 8.56 Å². The highest BCUT2D eigenvalue weighted by Crippen LogP contribution is 2.42. The molecule has 0 spiro atoms. The van der Waals surface area contributed by atoms with Crippen molar-refractivity contribution in [3.8, 4) is 0 Å². The summed E-state index contributed by atoms with van der Waals surface area (Å²) in [6.07, 6.45) is 7.83. The van der Waals surface area contributed by atoms with Gasteiger partial charge in [0.1, 0.15) is 11.3 Å². The molecule has 2 aliphatic heterocycles. The Labute approximate surface area is 148 Å². The molecule has 0 bridgehead atoms. The summed E-state index contributed by atoms with van der Waals surface area (Å²) in [4.78, 5) is 0. The molecular formula is C17H36O6Si. The van der Waals surface area contributed by atoms with Gasteiger partial charge in [-0.15, -0.1) is 6.58 Å². The minimum Gasteiger partial charge on any atom is -0.412 e. The lowest BCUT2D eigenvalue weighted by atomic mass is 10.1. The van der Waals surface area contributed by atoms with Crippen LogP contribution in [0.25, 0.3) is 0 Å². The van der Waals surface area contributed by atoms with Crippen molar-refractivity contribution in [1.82, 2.24) is 0 Å². The van der Waals surface area contributed by atoms with Crippen molar-refractivity contribution in [1.29, 1.82) is 0 Å². The SMILES string of the molecule is C=CCOCC1CO1.CCCC1(OC)CCCC[Si]1(OC)OC.O. The molecule has 7 heteroatoms. The van der Waals surface area contributed by atoms with Crippen LogP contribution in [0.15, 0.2) is 12.7 Å². The Kier molecular flexibility index (Phi) is 12.0. The molecule has 6 nitrogen and oxygen atoms in total. The summed E-state index contributed by atoms with van der Waals surface area (Å²) in [5.74, 6) is 0. The molecule has 2 fully saturated rings. The molecule has 2 N–H and O–H groups in total. The topological polar surface area (TPSA) is 81.0 Å². The molecule has 2 rings (SSSR count). The van der Waals surface area contributed by atoms with Gasteiger partial charge in [-0.05, 0) is 18.9 Å². The number of rotatable bonds is 9. The van der Waals surface area contributed by atoms with Gasteiger partial charge in [-0.1, -0.05) is 32.3 Å². The molecule has 0 saturated carbocycles. The molecule has 0 radical (unpaired) electrons. The quantitative estimate of drug-likeness (QED) is 0.272. The molecule has 2 aliphatic rings. The first-order valence-corrected chi connectivity index (χ1v) is 10.6. The average Bonchev–Trinajstić information content (AvgIpc) is 3.41. The molecular weight excluding hydrogens is 328 g/mol. The van der Waals surface area contributed by atoms with Crippen molar-refractivity contribution in [2.75, 3.05) is 41.2 Å². The zero-order valence-corrected chi connectivity index (χ0v) is 16.8. The molecule has 2 saturated heterocycles. The van der Waals surface area contributed by atoms with Crippen molar-refractivity contribution in [3.63, 3.8) is 0 Å². The minimum atomic E-state index is -2.15. The highest BCUT2D eigenvalue weighted by molar-refractivity contribution is 6.70. The zero-order valence-electron chi connectivity index (χ0n) is 15.8. The smallest absolute Gasteiger partial charge is 0.370 e. The molecule has 24 heavy (non-hydrogen) atoms. The van der Waals surface area contributed by atoms with E-state index in [0.29, 0.717) is 12.7 Å². The lowest BCUT2D eigenvalue weighted by molar-refractivity contribution is -0.0149. The van der Waals surface area contributed by atoms with Crippen molar-refractivity contribution in [2.24, 2.45) is 0 Å². The second-order valence-electron chi connectivity index (χ2n) is 6.10. The summed E-state index contributed by atoms with van der Waals surface area (Å²) >= 11 is 0. The van der Waals surface area contributed by atoms with E-state index in [1.807, 2.05) is 0 Å². The van der Waals surface area contributed by atoms with Crippen LogP contribution < -0.4 is 0 Å². The summed E-state index contributed by atoms with van der Waals surface area (Å²) in [5.41, 5.74) is 0. The van der Waals surface area contributed by atoms with Crippen molar-refractivity contribution in [2.45, 2.75) is 56.4 Å². The average molecular weight is 365 g/mol. The Hall–Kier alpha value is -0.283. The van der Waals surface area contributed by atoms with Crippen LogP contribution in [0.5, 0.6) is 0 Å². The molecule has 0 aromatic carbocycles. The van der Waals surface area contributed by atoms with Gasteiger partial charge >= 0.3 is 8.56 Å². The first kappa shape index (κ1) is 23.7. The van der Waals surface area contributed by atoms with Crippen LogP contribution in [0.2, 0.25) is 6.04 Å². The molecule has 144 valence electrons. The van der Waals surface area contributed by atoms with Gasteiger partial charge in [0.25, 0.3) is 0 Å². The fourth-order valence-corrected chi connectivity index (χ4v) is 7.36. The third-order valence-electron chi connectivity index (χ3n) is 4.68. The van der Waals surface area contributed by atoms with E-state index in [1.54, 1.807) is 27.4 Å². The van der Waals surface area contributed by atoms with Crippen LogP contribution >= 0.6 is 0 Å². The van der Waals surface area contributed by atoms with Gasteiger partial charge < -0.3 is 28.5 Å². The predicted molar refractivity (Wildman–Crippen MR) is 97.4 cm³/mol. The van der Waals surface area contributed by atoms with Gasteiger partial charge in [0.05, 0.1) is 19.8 Å². The largest absolute Gasteiger partial charge is 0.412 e. The zero-order chi connectivity index (χ0) is 17.2. The van der Waals surface area contributed by atoms with Crippen LogP contribution in [-0.2, 0) is 23.1 Å². The van der Waals surface area contributed by atoms with Gasteiger partial charge in [0.2, 0.25) is 0 Å². The lowest BCUT2D eigenvalue weighted by Gasteiger charge is -2.47. The van der Waals surface area contributed by atoms with Gasteiger partial charge in [-0.3, -0.25) is 0 Å². The Balaban J connectivity index is 0.000000498. The highest BCUT2D eigenvalue weighted by Gasteiger charge is 2.58. The van der Waals surface area contributed by atoms with E-state index in [2.05, 4.69) is 13.5 Å². The summed E-state index contributed by atoms with van der Waals surface area (Å²) in [7, 11) is 3.22. The Morgan fingerprint density at radius 2 is 1.92 bits per heavy atom. The Morgan fingerprint density at radius 3 is 2.38 bits per heavy atom. The summed E-state index contributed by atoms with van der Waals surface area (Å²) in [6.45, 7) is 7.95. The molecule has 0 aliphatic carbocycles. The van der Waals surface area contributed by atoms with E-state index in [9.17, 15) is 0 Å². The molecule has 2 atom stereocenters. The second kappa shape index (κ2) is 12.1. The van der Waals surface area contributed by atoms with Gasteiger partial charge in [0.15, 0.2) is 0 Å². The number of methoxy groups -OCH3 is 1. The summed E-state index contributed by atoms with van der Waals surface area (Å²) < 4.78 is 27.3. The monoisotopic (exact) mass is 364 g/mol. The predicted octanol–water partition coefficient (Wildman–Crippen LogP) is 2.39. The summed E-state index contributed by atoms with van der Waals surface area (Å²) in [5, 5.41) is -0.122. The van der Waals surface area contributed by atoms with Gasteiger partial charge in [0, 0.05) is 21.3 Å². The third kappa shape index (κ3) is 6.22. The van der Waals surface area contributed by atoms with Crippen molar-refractivity contribution < 1.29 is 28.5 Å². The number of ether oxygens (including phenoxy) is 3. The molecule has 0 aromatic rings. The number of hydrogen-bond donors (Lipinski definition) is 0. The fraction of sp³-hybridized carbons (Fsp3) is 0.882.